The van der Waals surface area contributed by atoms with E-state index in [1.165, 1.54) is 0 Å². The lowest BCUT2D eigenvalue weighted by molar-refractivity contribution is 0.416. The molecule has 3 aromatic rings. The summed E-state index contributed by atoms with van der Waals surface area (Å²) in [5, 5.41) is 0. The first-order chi connectivity index (χ1) is 11.3. The number of para-hydroxylation sites is 1. The molecule has 0 aliphatic carbocycles. The number of hydrogen-bond acceptors (Lipinski definition) is 4. The molecule has 0 aliphatic rings. The fourth-order valence-corrected chi connectivity index (χ4v) is 2.31. The van der Waals surface area contributed by atoms with Crippen LogP contribution in [-0.2, 0) is 0 Å². The van der Waals surface area contributed by atoms with Crippen LogP contribution in [0.5, 0.6) is 5.75 Å². The van der Waals surface area contributed by atoms with Gasteiger partial charge in [0.15, 0.2) is 5.82 Å². The molecule has 3 rings (SSSR count). The molecule has 0 fully saturated rings. The van der Waals surface area contributed by atoms with Gasteiger partial charge in [-0.1, -0.05) is 42.5 Å². The van der Waals surface area contributed by atoms with Crippen LogP contribution in [0.1, 0.15) is 17.0 Å². The summed E-state index contributed by atoms with van der Waals surface area (Å²) in [6, 6.07) is 17.6. The Kier molecular flexibility index (Phi) is 4.43. The third-order valence-corrected chi connectivity index (χ3v) is 3.47. The van der Waals surface area contributed by atoms with Gasteiger partial charge in [-0.3, -0.25) is 0 Å². The summed E-state index contributed by atoms with van der Waals surface area (Å²) < 4.78 is 5.45. The maximum Gasteiger partial charge on any atom is 0.178 e. The van der Waals surface area contributed by atoms with Crippen molar-refractivity contribution in [3.63, 3.8) is 0 Å². The summed E-state index contributed by atoms with van der Waals surface area (Å²) in [6.45, 7) is 2.01. The van der Waals surface area contributed by atoms with E-state index in [4.69, 9.17) is 9.73 Å². The summed E-state index contributed by atoms with van der Waals surface area (Å²) in [5.74, 6) is 1.32. The SMILES string of the molecule is COc1cccc(C)c1N=C(c1ccccc1)c1ncccn1. The monoisotopic (exact) mass is 303 g/mol. The van der Waals surface area contributed by atoms with Gasteiger partial charge in [0.2, 0.25) is 0 Å². The van der Waals surface area contributed by atoms with Crippen molar-refractivity contribution in [3.05, 3.63) is 83.9 Å². The van der Waals surface area contributed by atoms with Crippen LogP contribution in [-0.4, -0.2) is 22.8 Å². The number of ether oxygens (including phenoxy) is 1. The second kappa shape index (κ2) is 6.83. The smallest absolute Gasteiger partial charge is 0.178 e. The van der Waals surface area contributed by atoms with Gasteiger partial charge in [-0.15, -0.1) is 0 Å². The maximum atomic E-state index is 5.45. The van der Waals surface area contributed by atoms with Crippen molar-refractivity contribution in [3.8, 4) is 5.75 Å². The molecule has 0 radical (unpaired) electrons. The van der Waals surface area contributed by atoms with Crippen LogP contribution in [0, 0.1) is 6.92 Å². The second-order valence-corrected chi connectivity index (χ2v) is 5.02. The zero-order valence-electron chi connectivity index (χ0n) is 13.1. The Morgan fingerprint density at radius 1 is 0.913 bits per heavy atom. The Morgan fingerprint density at radius 3 is 2.35 bits per heavy atom. The number of hydrogen-bond donors (Lipinski definition) is 0. The Bertz CT molecular complexity index is 773. The van der Waals surface area contributed by atoms with E-state index >= 15 is 0 Å². The number of aryl methyl sites for hydroxylation is 1. The first-order valence-electron chi connectivity index (χ1n) is 7.34. The van der Waals surface area contributed by atoms with Crippen molar-refractivity contribution in [2.45, 2.75) is 6.92 Å². The Morgan fingerprint density at radius 2 is 1.65 bits per heavy atom. The highest BCUT2D eigenvalue weighted by atomic mass is 16.5. The fraction of sp³-hybridized carbons (Fsp3) is 0.105. The van der Waals surface area contributed by atoms with Crippen LogP contribution in [0.4, 0.5) is 5.69 Å². The molecule has 0 saturated carbocycles. The van der Waals surface area contributed by atoms with Gasteiger partial charge in [-0.25, -0.2) is 15.0 Å². The molecule has 4 nitrogen and oxygen atoms in total. The Labute approximate surface area is 135 Å². The zero-order valence-corrected chi connectivity index (χ0v) is 13.1. The van der Waals surface area contributed by atoms with E-state index in [0.717, 1.165) is 28.3 Å². The summed E-state index contributed by atoms with van der Waals surface area (Å²) in [7, 11) is 1.65. The van der Waals surface area contributed by atoms with Gasteiger partial charge in [0.1, 0.15) is 17.1 Å². The molecule has 114 valence electrons. The molecule has 0 bridgehead atoms. The van der Waals surface area contributed by atoms with Crippen molar-refractivity contribution in [2.24, 2.45) is 4.99 Å². The topological polar surface area (TPSA) is 47.4 Å². The molecule has 0 aliphatic heterocycles. The normalized spacial score (nSPS) is 11.3. The molecule has 0 spiro atoms. The quantitative estimate of drug-likeness (QED) is 0.685. The molecule has 0 unspecified atom stereocenters. The first kappa shape index (κ1) is 14.9. The van der Waals surface area contributed by atoms with Crippen molar-refractivity contribution in [2.75, 3.05) is 7.11 Å². The average molecular weight is 303 g/mol. The molecule has 23 heavy (non-hydrogen) atoms. The van der Waals surface area contributed by atoms with Crippen molar-refractivity contribution < 1.29 is 4.74 Å². The van der Waals surface area contributed by atoms with Crippen molar-refractivity contribution >= 4 is 11.4 Å². The van der Waals surface area contributed by atoms with Crippen LogP contribution in [0.15, 0.2) is 72.0 Å². The van der Waals surface area contributed by atoms with Gasteiger partial charge in [0, 0.05) is 18.0 Å². The summed E-state index contributed by atoms with van der Waals surface area (Å²) in [5.41, 5.74) is 3.51. The first-order valence-corrected chi connectivity index (χ1v) is 7.34. The lowest BCUT2D eigenvalue weighted by atomic mass is 10.1. The number of nitrogens with zero attached hydrogens (tertiary/aromatic N) is 3. The van der Waals surface area contributed by atoms with Gasteiger partial charge in [0.05, 0.1) is 7.11 Å². The van der Waals surface area contributed by atoms with E-state index in [9.17, 15) is 0 Å². The molecular weight excluding hydrogens is 286 g/mol. The van der Waals surface area contributed by atoms with Gasteiger partial charge < -0.3 is 4.74 Å². The predicted molar refractivity (Wildman–Crippen MR) is 91.5 cm³/mol. The van der Waals surface area contributed by atoms with Gasteiger partial charge in [-0.2, -0.15) is 0 Å². The summed E-state index contributed by atoms with van der Waals surface area (Å²) in [4.78, 5) is 13.5. The average Bonchev–Trinajstić information content (AvgIpc) is 2.62. The van der Waals surface area contributed by atoms with Gasteiger partial charge in [-0.05, 0) is 24.6 Å². The third-order valence-electron chi connectivity index (χ3n) is 3.47. The van der Waals surface area contributed by atoms with Crippen LogP contribution < -0.4 is 4.74 Å². The highest BCUT2D eigenvalue weighted by Crippen LogP contribution is 2.31. The molecule has 0 saturated heterocycles. The molecular formula is C19H17N3O. The molecule has 0 N–H and O–H groups in total. The number of aliphatic imine (C=N–C) groups is 1. The van der Waals surface area contributed by atoms with Crippen LogP contribution in [0.25, 0.3) is 0 Å². The lowest BCUT2D eigenvalue weighted by Crippen LogP contribution is -2.08. The largest absolute Gasteiger partial charge is 0.494 e. The van der Waals surface area contributed by atoms with Crippen LogP contribution in [0.3, 0.4) is 0 Å². The third kappa shape index (κ3) is 3.26. The van der Waals surface area contributed by atoms with E-state index in [1.807, 2.05) is 55.5 Å². The predicted octanol–water partition coefficient (Wildman–Crippen LogP) is 3.96. The standard InChI is InChI=1S/C19H17N3O/c1-14-8-6-11-16(23-2)17(14)22-18(15-9-4-3-5-10-15)19-20-12-7-13-21-19/h3-13H,1-2H3. The van der Waals surface area contributed by atoms with Crippen LogP contribution in [0.2, 0.25) is 0 Å². The highest BCUT2D eigenvalue weighted by Gasteiger charge is 2.12. The minimum Gasteiger partial charge on any atom is -0.494 e. The van der Waals surface area contributed by atoms with E-state index in [-0.39, 0.29) is 0 Å². The van der Waals surface area contributed by atoms with E-state index < -0.39 is 0 Å². The minimum atomic E-state index is 0.587. The molecule has 2 aromatic carbocycles. The molecule has 0 amide bonds. The van der Waals surface area contributed by atoms with E-state index in [2.05, 4.69) is 9.97 Å². The molecule has 4 heteroatoms. The number of rotatable bonds is 4. The molecule has 1 heterocycles. The van der Waals surface area contributed by atoms with Crippen LogP contribution >= 0.6 is 0 Å². The van der Waals surface area contributed by atoms with Crippen molar-refractivity contribution in [1.82, 2.24) is 9.97 Å². The highest BCUT2D eigenvalue weighted by molar-refractivity contribution is 6.11. The minimum absolute atomic E-state index is 0.587. The number of benzene rings is 2. The van der Waals surface area contributed by atoms with E-state index in [0.29, 0.717) is 5.82 Å². The van der Waals surface area contributed by atoms with E-state index in [1.54, 1.807) is 25.6 Å². The van der Waals surface area contributed by atoms with Gasteiger partial charge in [0.25, 0.3) is 0 Å². The maximum absolute atomic E-state index is 5.45. The zero-order chi connectivity index (χ0) is 16.1. The number of methoxy groups -OCH3 is 1. The summed E-state index contributed by atoms with van der Waals surface area (Å²) >= 11 is 0. The fourth-order valence-electron chi connectivity index (χ4n) is 2.31. The van der Waals surface area contributed by atoms with Gasteiger partial charge >= 0.3 is 0 Å². The lowest BCUT2D eigenvalue weighted by Gasteiger charge is -2.10. The van der Waals surface area contributed by atoms with Crippen molar-refractivity contribution in [1.29, 1.82) is 0 Å². The summed E-state index contributed by atoms with van der Waals surface area (Å²) in [6.07, 6.45) is 3.44. The molecule has 0 atom stereocenters. The Hall–Kier alpha value is -3.01. The second-order valence-electron chi connectivity index (χ2n) is 5.02. The molecule has 1 aromatic heterocycles. The Balaban J connectivity index is 2.21. The number of aromatic nitrogens is 2.